The standard InChI is InChI=1S/C25H21Cl2NO3/c1-2-16-7-9-17(10-8-16)23(29)14-25(31)20-5-3-4-6-22(20)28(24(25)30)15-18-11-12-19(26)13-21(18)27/h3-13,31H,2,14-15H2,1H3. The minimum Gasteiger partial charge on any atom is -0.375 e. The lowest BCUT2D eigenvalue weighted by molar-refractivity contribution is -0.136. The molecule has 1 amide bonds. The van der Waals surface area contributed by atoms with E-state index in [1.807, 2.05) is 19.1 Å². The summed E-state index contributed by atoms with van der Waals surface area (Å²) in [6, 6.07) is 19.3. The molecule has 0 bridgehead atoms. The fourth-order valence-electron chi connectivity index (χ4n) is 3.92. The predicted octanol–water partition coefficient (Wildman–Crippen LogP) is 5.56. The van der Waals surface area contributed by atoms with Crippen LogP contribution in [0.15, 0.2) is 66.7 Å². The van der Waals surface area contributed by atoms with Gasteiger partial charge in [-0.2, -0.15) is 0 Å². The predicted molar refractivity (Wildman–Crippen MR) is 123 cm³/mol. The lowest BCUT2D eigenvalue weighted by Gasteiger charge is -2.23. The summed E-state index contributed by atoms with van der Waals surface area (Å²) in [5.74, 6) is -0.835. The van der Waals surface area contributed by atoms with E-state index in [0.717, 1.165) is 12.0 Å². The maximum absolute atomic E-state index is 13.4. The number of hydrogen-bond acceptors (Lipinski definition) is 3. The van der Waals surface area contributed by atoms with Crippen molar-refractivity contribution in [3.63, 3.8) is 0 Å². The van der Waals surface area contributed by atoms with Crippen molar-refractivity contribution in [2.24, 2.45) is 0 Å². The topological polar surface area (TPSA) is 57.6 Å². The van der Waals surface area contributed by atoms with E-state index >= 15 is 0 Å². The number of hydrogen-bond donors (Lipinski definition) is 1. The molecule has 158 valence electrons. The van der Waals surface area contributed by atoms with Crippen molar-refractivity contribution in [1.29, 1.82) is 0 Å². The second-order valence-electron chi connectivity index (χ2n) is 7.65. The molecule has 1 aliphatic rings. The number of carbonyl (C=O) groups is 2. The van der Waals surface area contributed by atoms with Gasteiger partial charge >= 0.3 is 0 Å². The molecule has 0 saturated carbocycles. The van der Waals surface area contributed by atoms with Crippen molar-refractivity contribution in [2.75, 3.05) is 4.90 Å². The number of benzene rings is 3. The second kappa shape index (κ2) is 8.46. The number of carbonyl (C=O) groups excluding carboxylic acids is 2. The van der Waals surface area contributed by atoms with E-state index in [1.165, 1.54) is 4.90 Å². The fraction of sp³-hybridized carbons (Fsp3) is 0.200. The molecule has 0 saturated heterocycles. The largest absolute Gasteiger partial charge is 0.375 e. The van der Waals surface area contributed by atoms with Crippen LogP contribution >= 0.6 is 23.2 Å². The Morgan fingerprint density at radius 2 is 1.74 bits per heavy atom. The molecule has 31 heavy (non-hydrogen) atoms. The van der Waals surface area contributed by atoms with E-state index in [4.69, 9.17) is 23.2 Å². The maximum atomic E-state index is 13.4. The van der Waals surface area contributed by atoms with Crippen molar-refractivity contribution in [3.8, 4) is 0 Å². The minimum absolute atomic E-state index is 0.160. The van der Waals surface area contributed by atoms with E-state index in [9.17, 15) is 14.7 Å². The van der Waals surface area contributed by atoms with Crippen LogP contribution in [-0.4, -0.2) is 16.8 Å². The number of rotatable bonds is 6. The summed E-state index contributed by atoms with van der Waals surface area (Å²) in [7, 11) is 0. The highest BCUT2D eigenvalue weighted by atomic mass is 35.5. The van der Waals surface area contributed by atoms with Gasteiger partial charge in [-0.25, -0.2) is 0 Å². The van der Waals surface area contributed by atoms with Crippen molar-refractivity contribution >= 4 is 40.6 Å². The molecule has 3 aromatic carbocycles. The quantitative estimate of drug-likeness (QED) is 0.496. The van der Waals surface area contributed by atoms with Gasteiger partial charge in [0.25, 0.3) is 5.91 Å². The zero-order chi connectivity index (χ0) is 22.2. The molecule has 0 fully saturated rings. The van der Waals surface area contributed by atoms with Gasteiger partial charge in [-0.3, -0.25) is 9.59 Å². The molecule has 1 N–H and O–H groups in total. The highest BCUT2D eigenvalue weighted by Gasteiger charge is 2.50. The third kappa shape index (κ3) is 3.99. The van der Waals surface area contributed by atoms with Crippen LogP contribution < -0.4 is 4.90 Å². The minimum atomic E-state index is -1.93. The first kappa shape index (κ1) is 21.6. The number of fused-ring (bicyclic) bond motifs is 1. The number of Topliss-reactive ketones (excluding diaryl/α,β-unsaturated/α-hetero) is 1. The van der Waals surface area contributed by atoms with Crippen LogP contribution in [0.3, 0.4) is 0 Å². The van der Waals surface area contributed by atoms with Crippen molar-refractivity contribution in [3.05, 3.63) is 99.0 Å². The van der Waals surface area contributed by atoms with E-state index < -0.39 is 11.5 Å². The Labute approximate surface area is 191 Å². The first-order valence-electron chi connectivity index (χ1n) is 10.0. The summed E-state index contributed by atoms with van der Waals surface area (Å²) in [4.78, 5) is 27.8. The van der Waals surface area contributed by atoms with Gasteiger partial charge in [-0.15, -0.1) is 0 Å². The number of anilines is 1. The molecule has 0 aliphatic carbocycles. The number of amides is 1. The molecule has 4 rings (SSSR count). The highest BCUT2D eigenvalue weighted by molar-refractivity contribution is 6.35. The monoisotopic (exact) mass is 453 g/mol. The molecule has 0 radical (unpaired) electrons. The maximum Gasteiger partial charge on any atom is 0.264 e. The van der Waals surface area contributed by atoms with Crippen LogP contribution in [0.4, 0.5) is 5.69 Å². The van der Waals surface area contributed by atoms with Gasteiger partial charge in [0, 0.05) is 21.2 Å². The summed E-state index contributed by atoms with van der Waals surface area (Å²) in [6.45, 7) is 2.20. The van der Waals surface area contributed by atoms with E-state index in [1.54, 1.807) is 54.6 Å². The van der Waals surface area contributed by atoms with Crippen LogP contribution in [0.1, 0.15) is 40.4 Å². The molecule has 0 aromatic heterocycles. The summed E-state index contributed by atoms with van der Waals surface area (Å²) in [5.41, 5.74) is 1.33. The SMILES string of the molecule is CCc1ccc(C(=O)CC2(O)C(=O)N(Cc3ccc(Cl)cc3Cl)c3ccccc32)cc1. The molecule has 4 nitrogen and oxygen atoms in total. The van der Waals surface area contributed by atoms with Crippen LogP contribution in [0.2, 0.25) is 10.0 Å². The zero-order valence-corrected chi connectivity index (χ0v) is 18.5. The van der Waals surface area contributed by atoms with Crippen molar-refractivity contribution in [1.82, 2.24) is 0 Å². The third-order valence-corrected chi connectivity index (χ3v) is 6.27. The lowest BCUT2D eigenvalue weighted by atomic mass is 9.88. The summed E-state index contributed by atoms with van der Waals surface area (Å²) in [6.07, 6.45) is 0.533. The highest BCUT2D eigenvalue weighted by Crippen LogP contribution is 2.44. The Morgan fingerprint density at radius 3 is 2.42 bits per heavy atom. The number of halogens is 2. The van der Waals surface area contributed by atoms with Gasteiger partial charge in [-0.05, 0) is 35.7 Å². The number of ketones is 1. The Morgan fingerprint density at radius 1 is 1.03 bits per heavy atom. The molecule has 1 aliphatic heterocycles. The first-order chi connectivity index (χ1) is 14.8. The Kier molecular flexibility index (Phi) is 5.89. The number of para-hydroxylation sites is 1. The van der Waals surface area contributed by atoms with Gasteiger partial charge in [0.2, 0.25) is 0 Å². The Bertz CT molecular complexity index is 1160. The van der Waals surface area contributed by atoms with Crippen molar-refractivity contribution in [2.45, 2.75) is 31.9 Å². The van der Waals surface area contributed by atoms with E-state index in [0.29, 0.717) is 32.4 Å². The van der Waals surface area contributed by atoms with E-state index in [2.05, 4.69) is 0 Å². The molecule has 3 aromatic rings. The average molecular weight is 454 g/mol. The van der Waals surface area contributed by atoms with Gasteiger partial charge < -0.3 is 10.0 Å². The Balaban J connectivity index is 1.66. The lowest BCUT2D eigenvalue weighted by Crippen LogP contribution is -2.41. The molecule has 1 atom stereocenters. The molecule has 0 spiro atoms. The molecule has 1 unspecified atom stereocenters. The van der Waals surface area contributed by atoms with Crippen LogP contribution in [0, 0.1) is 0 Å². The number of aliphatic hydroxyl groups is 1. The van der Waals surface area contributed by atoms with Crippen LogP contribution in [0.5, 0.6) is 0 Å². The third-order valence-electron chi connectivity index (χ3n) is 5.68. The Hall–Kier alpha value is -2.66. The van der Waals surface area contributed by atoms with Crippen LogP contribution in [-0.2, 0) is 23.4 Å². The van der Waals surface area contributed by atoms with Gasteiger partial charge in [0.15, 0.2) is 11.4 Å². The smallest absolute Gasteiger partial charge is 0.264 e. The fourth-order valence-corrected chi connectivity index (χ4v) is 4.38. The normalized spacial score (nSPS) is 17.7. The van der Waals surface area contributed by atoms with Gasteiger partial charge in [-0.1, -0.05) is 78.7 Å². The second-order valence-corrected chi connectivity index (χ2v) is 8.50. The zero-order valence-electron chi connectivity index (χ0n) is 16.9. The molecular formula is C25H21Cl2NO3. The average Bonchev–Trinajstić information content (AvgIpc) is 2.97. The molecular weight excluding hydrogens is 433 g/mol. The van der Waals surface area contributed by atoms with Crippen molar-refractivity contribution < 1.29 is 14.7 Å². The van der Waals surface area contributed by atoms with Crippen LogP contribution in [0.25, 0.3) is 0 Å². The number of aryl methyl sites for hydroxylation is 1. The molecule has 1 heterocycles. The van der Waals surface area contributed by atoms with E-state index in [-0.39, 0.29) is 18.7 Å². The number of nitrogens with zero attached hydrogens (tertiary/aromatic N) is 1. The van der Waals surface area contributed by atoms with Gasteiger partial charge in [0.1, 0.15) is 0 Å². The summed E-state index contributed by atoms with van der Waals surface area (Å²) in [5, 5.41) is 12.4. The summed E-state index contributed by atoms with van der Waals surface area (Å²) >= 11 is 12.3. The first-order valence-corrected chi connectivity index (χ1v) is 10.8. The summed E-state index contributed by atoms with van der Waals surface area (Å²) < 4.78 is 0. The van der Waals surface area contributed by atoms with Gasteiger partial charge in [0.05, 0.1) is 18.7 Å². The molecule has 6 heteroatoms.